The zero-order chi connectivity index (χ0) is 17.3. The Morgan fingerprint density at radius 1 is 1.08 bits per heavy atom. The van der Waals surface area contributed by atoms with E-state index < -0.39 is 0 Å². The summed E-state index contributed by atoms with van der Waals surface area (Å²) in [5, 5.41) is 15.0. The Bertz CT molecular complexity index is 639. The highest BCUT2D eigenvalue weighted by Crippen LogP contribution is 2.20. The number of nitrogens with zero attached hydrogens (tertiary/aromatic N) is 3. The van der Waals surface area contributed by atoms with Gasteiger partial charge in [-0.15, -0.1) is 5.10 Å². The minimum atomic E-state index is 0.471. The molecule has 6 heteroatoms. The molecule has 1 aliphatic rings. The lowest BCUT2D eigenvalue weighted by Crippen LogP contribution is -2.20. The molecule has 1 aromatic heterocycles. The van der Waals surface area contributed by atoms with Crippen LogP contribution in [0.2, 0.25) is 0 Å². The van der Waals surface area contributed by atoms with Crippen LogP contribution >= 0.6 is 0 Å². The molecule has 1 fully saturated rings. The lowest BCUT2D eigenvalue weighted by atomic mass is 10.1. The molecule has 1 heterocycles. The number of rotatable bonds is 7. The minimum Gasteiger partial charge on any atom is -0.497 e. The van der Waals surface area contributed by atoms with Gasteiger partial charge in [-0.2, -0.15) is 10.1 Å². The van der Waals surface area contributed by atoms with E-state index in [1.165, 1.54) is 44.1 Å². The van der Waals surface area contributed by atoms with Crippen molar-refractivity contribution in [1.29, 1.82) is 0 Å². The van der Waals surface area contributed by atoms with Gasteiger partial charge >= 0.3 is 0 Å². The fourth-order valence-corrected chi connectivity index (χ4v) is 3.18. The zero-order valence-corrected chi connectivity index (χ0v) is 14.9. The minimum absolute atomic E-state index is 0.471. The average Bonchev–Trinajstić information content (AvgIpc) is 2.91. The van der Waals surface area contributed by atoms with Gasteiger partial charge in [0.15, 0.2) is 5.82 Å². The van der Waals surface area contributed by atoms with Crippen molar-refractivity contribution in [3.63, 3.8) is 0 Å². The van der Waals surface area contributed by atoms with E-state index in [-0.39, 0.29) is 0 Å². The van der Waals surface area contributed by atoms with Crippen molar-refractivity contribution in [2.75, 3.05) is 24.3 Å². The molecule has 0 radical (unpaired) electrons. The summed E-state index contributed by atoms with van der Waals surface area (Å²) in [6.07, 6.45) is 10.2. The second-order valence-corrected chi connectivity index (χ2v) is 6.52. The Labute approximate surface area is 149 Å². The van der Waals surface area contributed by atoms with Gasteiger partial charge in [-0.25, -0.2) is 0 Å². The number of hydrogen-bond acceptors (Lipinski definition) is 6. The van der Waals surface area contributed by atoms with Crippen LogP contribution in [0, 0.1) is 0 Å². The van der Waals surface area contributed by atoms with Gasteiger partial charge < -0.3 is 15.4 Å². The molecule has 0 aliphatic heterocycles. The summed E-state index contributed by atoms with van der Waals surface area (Å²) in [6.45, 7) is 0.799. The monoisotopic (exact) mass is 341 g/mol. The Kier molecular flexibility index (Phi) is 6.42. The van der Waals surface area contributed by atoms with Crippen LogP contribution in [-0.4, -0.2) is 34.9 Å². The topological polar surface area (TPSA) is 72.0 Å². The Morgan fingerprint density at radius 2 is 1.84 bits per heavy atom. The highest BCUT2D eigenvalue weighted by Gasteiger charge is 2.13. The van der Waals surface area contributed by atoms with Gasteiger partial charge in [0.05, 0.1) is 13.3 Å². The van der Waals surface area contributed by atoms with Crippen molar-refractivity contribution in [2.24, 2.45) is 0 Å². The van der Waals surface area contributed by atoms with Gasteiger partial charge in [0, 0.05) is 12.6 Å². The van der Waals surface area contributed by atoms with Crippen LogP contribution < -0.4 is 15.4 Å². The number of methoxy groups -OCH3 is 1. The van der Waals surface area contributed by atoms with Crippen molar-refractivity contribution in [3.8, 4) is 5.75 Å². The number of nitrogens with one attached hydrogen (secondary N) is 2. The molecule has 3 rings (SSSR count). The SMILES string of the molecule is COc1ccc(CCNc2cnnc(NC3CCCCCC3)n2)cc1. The van der Waals surface area contributed by atoms with Gasteiger partial charge in [-0.1, -0.05) is 37.8 Å². The molecule has 0 spiro atoms. The maximum atomic E-state index is 5.18. The molecule has 0 unspecified atom stereocenters. The third-order valence-electron chi connectivity index (χ3n) is 4.63. The quantitative estimate of drug-likeness (QED) is 0.749. The van der Waals surface area contributed by atoms with E-state index in [1.807, 2.05) is 12.1 Å². The third-order valence-corrected chi connectivity index (χ3v) is 4.63. The number of ether oxygens (including phenoxy) is 1. The Balaban J connectivity index is 1.48. The molecular formula is C19H27N5O. The predicted molar refractivity (Wildman–Crippen MR) is 100 cm³/mol. The van der Waals surface area contributed by atoms with Crippen molar-refractivity contribution in [1.82, 2.24) is 15.2 Å². The summed E-state index contributed by atoms with van der Waals surface area (Å²) in [5.41, 5.74) is 1.26. The lowest BCUT2D eigenvalue weighted by Gasteiger charge is -2.16. The van der Waals surface area contributed by atoms with Gasteiger partial charge in [-0.05, 0) is 37.0 Å². The van der Waals surface area contributed by atoms with E-state index in [0.717, 1.165) is 24.5 Å². The summed E-state index contributed by atoms with van der Waals surface area (Å²) >= 11 is 0. The molecule has 2 aromatic rings. The zero-order valence-electron chi connectivity index (χ0n) is 14.9. The Morgan fingerprint density at radius 3 is 2.56 bits per heavy atom. The highest BCUT2D eigenvalue weighted by molar-refractivity contribution is 5.38. The van der Waals surface area contributed by atoms with Crippen molar-refractivity contribution in [3.05, 3.63) is 36.0 Å². The molecule has 1 aromatic carbocycles. The van der Waals surface area contributed by atoms with Crippen molar-refractivity contribution < 1.29 is 4.74 Å². The maximum absolute atomic E-state index is 5.18. The van der Waals surface area contributed by atoms with E-state index >= 15 is 0 Å². The molecule has 0 atom stereocenters. The molecule has 2 N–H and O–H groups in total. The Hall–Kier alpha value is -2.37. The standard InChI is InChI=1S/C19H27N5O/c1-25-17-10-8-15(9-11-17)12-13-20-18-14-21-24-19(23-18)22-16-6-4-2-3-5-7-16/h8-11,14,16H,2-7,12-13H2,1H3,(H2,20,22,23,24). The number of aromatic nitrogens is 3. The molecule has 134 valence electrons. The van der Waals surface area contributed by atoms with E-state index in [2.05, 4.69) is 37.9 Å². The van der Waals surface area contributed by atoms with Crippen LogP contribution in [0.5, 0.6) is 5.75 Å². The predicted octanol–water partition coefficient (Wildman–Crippen LogP) is 3.67. The van der Waals surface area contributed by atoms with Gasteiger partial charge in [0.25, 0.3) is 0 Å². The number of anilines is 2. The van der Waals surface area contributed by atoms with Gasteiger partial charge in [0.2, 0.25) is 5.95 Å². The first kappa shape index (κ1) is 17.5. The molecule has 1 aliphatic carbocycles. The number of hydrogen-bond donors (Lipinski definition) is 2. The fourth-order valence-electron chi connectivity index (χ4n) is 3.18. The van der Waals surface area contributed by atoms with Crippen LogP contribution in [0.1, 0.15) is 44.1 Å². The van der Waals surface area contributed by atoms with Gasteiger partial charge in [0.1, 0.15) is 5.75 Å². The average molecular weight is 341 g/mol. The maximum Gasteiger partial charge on any atom is 0.244 e. The summed E-state index contributed by atoms with van der Waals surface area (Å²) in [5.74, 6) is 2.27. The first-order valence-electron chi connectivity index (χ1n) is 9.16. The van der Waals surface area contributed by atoms with E-state index in [0.29, 0.717) is 12.0 Å². The van der Waals surface area contributed by atoms with E-state index in [4.69, 9.17) is 4.74 Å². The number of benzene rings is 1. The van der Waals surface area contributed by atoms with Crippen LogP contribution in [0.4, 0.5) is 11.8 Å². The molecule has 0 bridgehead atoms. The second kappa shape index (κ2) is 9.20. The normalized spacial score (nSPS) is 15.4. The first-order chi connectivity index (χ1) is 12.3. The van der Waals surface area contributed by atoms with Crippen LogP contribution in [0.3, 0.4) is 0 Å². The summed E-state index contributed by atoms with van der Waals surface area (Å²) in [4.78, 5) is 4.54. The van der Waals surface area contributed by atoms with Crippen LogP contribution in [0.25, 0.3) is 0 Å². The molecule has 6 nitrogen and oxygen atoms in total. The smallest absolute Gasteiger partial charge is 0.244 e. The third kappa shape index (κ3) is 5.59. The second-order valence-electron chi connectivity index (χ2n) is 6.52. The summed E-state index contributed by atoms with van der Waals surface area (Å²) in [7, 11) is 1.68. The largest absolute Gasteiger partial charge is 0.497 e. The van der Waals surface area contributed by atoms with Crippen LogP contribution in [-0.2, 0) is 6.42 Å². The molecule has 0 saturated heterocycles. The molecule has 0 amide bonds. The summed E-state index contributed by atoms with van der Waals surface area (Å²) in [6, 6.07) is 8.60. The van der Waals surface area contributed by atoms with Crippen molar-refractivity contribution >= 4 is 11.8 Å². The molecule has 1 saturated carbocycles. The first-order valence-corrected chi connectivity index (χ1v) is 9.16. The molecular weight excluding hydrogens is 314 g/mol. The highest BCUT2D eigenvalue weighted by atomic mass is 16.5. The van der Waals surface area contributed by atoms with Crippen LogP contribution in [0.15, 0.2) is 30.5 Å². The van der Waals surface area contributed by atoms with Crippen molar-refractivity contribution in [2.45, 2.75) is 51.0 Å². The van der Waals surface area contributed by atoms with Gasteiger partial charge in [-0.3, -0.25) is 0 Å². The van der Waals surface area contributed by atoms with E-state index in [9.17, 15) is 0 Å². The molecule has 25 heavy (non-hydrogen) atoms. The summed E-state index contributed by atoms with van der Waals surface area (Å²) < 4.78 is 5.18. The lowest BCUT2D eigenvalue weighted by molar-refractivity contribution is 0.414. The fraction of sp³-hybridized carbons (Fsp3) is 0.526. The van der Waals surface area contributed by atoms with E-state index in [1.54, 1.807) is 13.3 Å².